The van der Waals surface area contributed by atoms with Gasteiger partial charge in [-0.25, -0.2) is 0 Å². The zero-order valence-electron chi connectivity index (χ0n) is 12.5. The molecule has 1 rings (SSSR count). The first kappa shape index (κ1) is 18.3. The third-order valence-electron chi connectivity index (χ3n) is 2.39. The molecule has 0 saturated carbocycles. The molecule has 0 spiro atoms. The number of hydrogen-bond donors (Lipinski definition) is 0. The lowest BCUT2D eigenvalue weighted by Crippen LogP contribution is -2.03. The van der Waals surface area contributed by atoms with Crippen molar-refractivity contribution >= 4 is 13.3 Å². The van der Waals surface area contributed by atoms with Crippen LogP contribution in [0.25, 0.3) is 0 Å². The van der Waals surface area contributed by atoms with Crippen molar-refractivity contribution in [1.82, 2.24) is 0 Å². The minimum absolute atomic E-state index is 0.0103. The SMILES string of the molecule is CCOP(=O)(COCC#Cc1ccc([N+](=O)[O-])cc1)OCC. The van der Waals surface area contributed by atoms with E-state index in [-0.39, 0.29) is 31.9 Å². The molecule has 0 aliphatic heterocycles. The molecule has 0 bridgehead atoms. The summed E-state index contributed by atoms with van der Waals surface area (Å²) in [5.74, 6) is 5.52. The predicted molar refractivity (Wildman–Crippen MR) is 81.7 cm³/mol. The molecule has 0 fully saturated rings. The van der Waals surface area contributed by atoms with E-state index in [4.69, 9.17) is 13.8 Å². The Labute approximate surface area is 129 Å². The third-order valence-corrected chi connectivity index (χ3v) is 4.19. The number of nitro benzene ring substituents is 1. The highest BCUT2D eigenvalue weighted by Crippen LogP contribution is 2.47. The molecular weight excluding hydrogens is 309 g/mol. The molecule has 0 aliphatic carbocycles. The first-order valence-electron chi connectivity index (χ1n) is 6.70. The van der Waals surface area contributed by atoms with Crippen LogP contribution in [0.5, 0.6) is 0 Å². The van der Waals surface area contributed by atoms with Crippen LogP contribution < -0.4 is 0 Å². The Kier molecular flexibility index (Phi) is 7.78. The average Bonchev–Trinajstić information content (AvgIpc) is 2.48. The summed E-state index contributed by atoms with van der Waals surface area (Å²) in [6, 6.07) is 5.86. The van der Waals surface area contributed by atoms with Crippen molar-refractivity contribution in [3.8, 4) is 11.8 Å². The highest BCUT2D eigenvalue weighted by molar-refractivity contribution is 7.53. The molecule has 0 heterocycles. The Morgan fingerprint density at radius 2 is 1.77 bits per heavy atom. The van der Waals surface area contributed by atoms with Gasteiger partial charge in [0.15, 0.2) is 0 Å². The van der Waals surface area contributed by atoms with E-state index in [0.29, 0.717) is 5.56 Å². The maximum Gasteiger partial charge on any atom is 0.356 e. The molecule has 0 amide bonds. The minimum atomic E-state index is -3.21. The molecule has 0 saturated heterocycles. The van der Waals surface area contributed by atoms with E-state index in [1.807, 2.05) is 0 Å². The lowest BCUT2D eigenvalue weighted by atomic mass is 10.2. The van der Waals surface area contributed by atoms with E-state index in [1.165, 1.54) is 12.1 Å². The molecule has 22 heavy (non-hydrogen) atoms. The van der Waals surface area contributed by atoms with E-state index in [2.05, 4.69) is 11.8 Å². The fraction of sp³-hybridized carbons (Fsp3) is 0.429. The topological polar surface area (TPSA) is 87.9 Å². The summed E-state index contributed by atoms with van der Waals surface area (Å²) in [4.78, 5) is 10.0. The number of rotatable bonds is 8. The largest absolute Gasteiger partial charge is 0.356 e. The summed E-state index contributed by atoms with van der Waals surface area (Å²) in [5, 5.41) is 10.5. The minimum Gasteiger partial charge on any atom is -0.356 e. The third kappa shape index (κ3) is 6.37. The summed E-state index contributed by atoms with van der Waals surface area (Å²) in [6.07, 6.45) is -0.163. The monoisotopic (exact) mass is 327 g/mol. The summed E-state index contributed by atoms with van der Waals surface area (Å²) >= 11 is 0. The molecule has 0 aromatic heterocycles. The van der Waals surface area contributed by atoms with Crippen LogP contribution >= 0.6 is 7.60 Å². The van der Waals surface area contributed by atoms with E-state index >= 15 is 0 Å². The highest BCUT2D eigenvalue weighted by atomic mass is 31.2. The van der Waals surface area contributed by atoms with Gasteiger partial charge in [0.25, 0.3) is 5.69 Å². The Morgan fingerprint density at radius 3 is 2.27 bits per heavy atom. The van der Waals surface area contributed by atoms with Gasteiger partial charge in [-0.1, -0.05) is 11.8 Å². The van der Waals surface area contributed by atoms with E-state index < -0.39 is 12.5 Å². The van der Waals surface area contributed by atoms with Crippen molar-refractivity contribution in [2.45, 2.75) is 13.8 Å². The molecule has 0 aliphatic rings. The van der Waals surface area contributed by atoms with Crippen molar-refractivity contribution in [3.05, 3.63) is 39.9 Å². The van der Waals surface area contributed by atoms with Crippen LogP contribution in [0.15, 0.2) is 24.3 Å². The molecule has 0 unspecified atom stereocenters. The van der Waals surface area contributed by atoms with Crippen LogP contribution in [0.1, 0.15) is 19.4 Å². The van der Waals surface area contributed by atoms with Crippen molar-refractivity contribution in [2.24, 2.45) is 0 Å². The van der Waals surface area contributed by atoms with Crippen molar-refractivity contribution in [2.75, 3.05) is 26.2 Å². The highest BCUT2D eigenvalue weighted by Gasteiger charge is 2.23. The van der Waals surface area contributed by atoms with Crippen LogP contribution in [0.2, 0.25) is 0 Å². The molecule has 7 nitrogen and oxygen atoms in total. The fourth-order valence-corrected chi connectivity index (χ4v) is 2.84. The van der Waals surface area contributed by atoms with Gasteiger partial charge < -0.3 is 13.8 Å². The van der Waals surface area contributed by atoms with Gasteiger partial charge in [0.1, 0.15) is 13.0 Å². The van der Waals surface area contributed by atoms with Crippen molar-refractivity contribution in [1.29, 1.82) is 0 Å². The number of hydrogen-bond acceptors (Lipinski definition) is 6. The Balaban J connectivity index is 2.47. The number of non-ortho nitro benzene ring substituents is 1. The maximum atomic E-state index is 12.1. The smallest absolute Gasteiger partial charge is 0.356 e. The summed E-state index contributed by atoms with van der Waals surface area (Å²) in [5.41, 5.74) is 0.642. The normalized spacial score (nSPS) is 10.8. The summed E-state index contributed by atoms with van der Waals surface area (Å²) < 4.78 is 27.4. The standard InChI is InChI=1S/C14H18NO6P/c1-3-20-22(18,21-4-2)12-19-11-5-6-13-7-9-14(10-8-13)15(16)17/h7-10H,3-4,11-12H2,1-2H3. The van der Waals surface area contributed by atoms with E-state index in [1.54, 1.807) is 26.0 Å². The second-order valence-corrected chi connectivity index (χ2v) is 6.03. The molecule has 0 atom stereocenters. The molecule has 120 valence electrons. The quantitative estimate of drug-likeness (QED) is 0.239. The van der Waals surface area contributed by atoms with Crippen LogP contribution in [-0.4, -0.2) is 31.1 Å². The second kappa shape index (κ2) is 9.34. The lowest BCUT2D eigenvalue weighted by Gasteiger charge is -2.15. The van der Waals surface area contributed by atoms with Crippen molar-refractivity contribution < 1.29 is 23.3 Å². The zero-order chi connectivity index (χ0) is 16.4. The van der Waals surface area contributed by atoms with Gasteiger partial charge in [-0.2, -0.15) is 0 Å². The molecular formula is C14H18NO6P. The van der Waals surface area contributed by atoms with Crippen molar-refractivity contribution in [3.63, 3.8) is 0 Å². The van der Waals surface area contributed by atoms with Crippen LogP contribution in [0.4, 0.5) is 5.69 Å². The molecule has 1 aromatic rings. The predicted octanol–water partition coefficient (Wildman–Crippen LogP) is 3.19. The Hall–Kier alpha value is -1.71. The number of ether oxygens (including phenoxy) is 1. The van der Waals surface area contributed by atoms with Gasteiger partial charge in [-0.3, -0.25) is 14.7 Å². The molecule has 0 radical (unpaired) electrons. The van der Waals surface area contributed by atoms with Crippen LogP contribution in [0, 0.1) is 22.0 Å². The Bertz CT molecular complexity index is 580. The van der Waals surface area contributed by atoms with Gasteiger partial charge >= 0.3 is 7.60 Å². The van der Waals surface area contributed by atoms with Gasteiger partial charge in [-0.15, -0.1) is 0 Å². The van der Waals surface area contributed by atoms with Crippen LogP contribution in [0.3, 0.4) is 0 Å². The maximum absolute atomic E-state index is 12.1. The molecule has 0 N–H and O–H groups in total. The van der Waals surface area contributed by atoms with Gasteiger partial charge in [0.2, 0.25) is 0 Å². The first-order valence-corrected chi connectivity index (χ1v) is 8.42. The van der Waals surface area contributed by atoms with Gasteiger partial charge in [0.05, 0.1) is 18.1 Å². The first-order chi connectivity index (χ1) is 10.5. The van der Waals surface area contributed by atoms with E-state index in [9.17, 15) is 14.7 Å². The number of nitrogens with zero attached hydrogens (tertiary/aromatic N) is 1. The number of benzene rings is 1. The second-order valence-electron chi connectivity index (χ2n) is 4.03. The molecule has 1 aromatic carbocycles. The lowest BCUT2D eigenvalue weighted by molar-refractivity contribution is -0.384. The Morgan fingerprint density at radius 1 is 1.18 bits per heavy atom. The van der Waals surface area contributed by atoms with Gasteiger partial charge in [0, 0.05) is 17.7 Å². The van der Waals surface area contributed by atoms with Crippen LogP contribution in [-0.2, 0) is 18.3 Å². The van der Waals surface area contributed by atoms with Gasteiger partial charge in [-0.05, 0) is 26.0 Å². The summed E-state index contributed by atoms with van der Waals surface area (Å²) in [6.45, 7) is 4.05. The number of nitro groups is 1. The summed E-state index contributed by atoms with van der Waals surface area (Å²) in [7, 11) is -3.21. The fourth-order valence-electron chi connectivity index (χ4n) is 1.52. The molecule has 8 heteroatoms. The zero-order valence-corrected chi connectivity index (χ0v) is 13.4. The average molecular weight is 327 g/mol. The van der Waals surface area contributed by atoms with E-state index in [0.717, 1.165) is 0 Å².